The highest BCUT2D eigenvalue weighted by atomic mass is 16.5. The molecule has 5 heteroatoms. The number of para-hydroxylation sites is 1. The predicted molar refractivity (Wildman–Crippen MR) is 96.5 cm³/mol. The van der Waals surface area contributed by atoms with Crippen LogP contribution in [0, 0.1) is 5.41 Å². The Balaban J connectivity index is 1.53. The smallest absolute Gasteiger partial charge is 0.260 e. The normalized spacial score (nSPS) is 20.4. The van der Waals surface area contributed by atoms with Crippen molar-refractivity contribution < 1.29 is 14.3 Å². The maximum Gasteiger partial charge on any atom is 0.260 e. The summed E-state index contributed by atoms with van der Waals surface area (Å²) in [5, 5.41) is 2.93. The van der Waals surface area contributed by atoms with Gasteiger partial charge in [-0.3, -0.25) is 9.59 Å². The molecule has 2 fully saturated rings. The van der Waals surface area contributed by atoms with Gasteiger partial charge in [0.2, 0.25) is 5.91 Å². The molecule has 2 saturated heterocycles. The number of likely N-dealkylation sites (tertiary alicyclic amines) is 1. The van der Waals surface area contributed by atoms with Gasteiger partial charge in [0.1, 0.15) is 5.75 Å². The number of piperidine rings is 1. The van der Waals surface area contributed by atoms with E-state index < -0.39 is 0 Å². The Kier molecular flexibility index (Phi) is 5.30. The van der Waals surface area contributed by atoms with Gasteiger partial charge in [-0.15, -0.1) is 0 Å². The standard InChI is InChI=1S/C20H28N2O3/c1-3-15(2)16-6-4-5-7-17(16)25-13-19(24)22-10-8-20(9-11-22)12-18(23)21-14-20/h4-7,15H,3,8-14H2,1-2H3,(H,21,23)/t15-/m0/s1. The van der Waals surface area contributed by atoms with Crippen LogP contribution in [-0.2, 0) is 9.59 Å². The van der Waals surface area contributed by atoms with E-state index in [1.54, 1.807) is 0 Å². The summed E-state index contributed by atoms with van der Waals surface area (Å²) < 4.78 is 5.85. The summed E-state index contributed by atoms with van der Waals surface area (Å²) in [7, 11) is 0. The molecular formula is C20H28N2O3. The van der Waals surface area contributed by atoms with E-state index >= 15 is 0 Å². The molecule has 0 aliphatic carbocycles. The van der Waals surface area contributed by atoms with Crippen molar-refractivity contribution >= 4 is 11.8 Å². The molecule has 1 N–H and O–H groups in total. The lowest BCUT2D eigenvalue weighted by Gasteiger charge is -2.38. The summed E-state index contributed by atoms with van der Waals surface area (Å²) in [4.78, 5) is 25.9. The van der Waals surface area contributed by atoms with Gasteiger partial charge < -0.3 is 15.0 Å². The van der Waals surface area contributed by atoms with Gasteiger partial charge in [0, 0.05) is 26.1 Å². The number of hydrogen-bond donors (Lipinski definition) is 1. The maximum absolute atomic E-state index is 12.5. The van der Waals surface area contributed by atoms with Crippen molar-refractivity contribution in [3.8, 4) is 5.75 Å². The van der Waals surface area contributed by atoms with Gasteiger partial charge in [-0.2, -0.15) is 0 Å². The fourth-order valence-corrected chi connectivity index (χ4v) is 3.81. The molecule has 0 unspecified atom stereocenters. The summed E-state index contributed by atoms with van der Waals surface area (Å²) in [6.07, 6.45) is 3.42. The second-order valence-electron chi connectivity index (χ2n) is 7.47. The van der Waals surface area contributed by atoms with Gasteiger partial charge in [0.25, 0.3) is 5.91 Å². The van der Waals surface area contributed by atoms with E-state index in [0.29, 0.717) is 25.4 Å². The Morgan fingerprint density at radius 1 is 1.32 bits per heavy atom. The molecular weight excluding hydrogens is 316 g/mol. The van der Waals surface area contributed by atoms with Crippen molar-refractivity contribution in [1.82, 2.24) is 10.2 Å². The quantitative estimate of drug-likeness (QED) is 0.893. The van der Waals surface area contributed by atoms with Crippen molar-refractivity contribution in [3.63, 3.8) is 0 Å². The molecule has 2 amide bonds. The van der Waals surface area contributed by atoms with E-state index in [4.69, 9.17) is 4.74 Å². The summed E-state index contributed by atoms with van der Waals surface area (Å²) in [5.74, 6) is 1.40. The molecule has 25 heavy (non-hydrogen) atoms. The van der Waals surface area contributed by atoms with Crippen LogP contribution < -0.4 is 10.1 Å². The molecule has 5 nitrogen and oxygen atoms in total. The lowest BCUT2D eigenvalue weighted by molar-refractivity contribution is -0.135. The topological polar surface area (TPSA) is 58.6 Å². The monoisotopic (exact) mass is 344 g/mol. The largest absolute Gasteiger partial charge is 0.483 e. The fraction of sp³-hybridized carbons (Fsp3) is 0.600. The van der Waals surface area contributed by atoms with Gasteiger partial charge in [0.15, 0.2) is 6.61 Å². The number of carbonyl (C=O) groups excluding carboxylic acids is 2. The molecule has 0 saturated carbocycles. The lowest BCUT2D eigenvalue weighted by atomic mass is 9.77. The lowest BCUT2D eigenvalue weighted by Crippen LogP contribution is -2.45. The number of rotatable bonds is 5. The molecule has 2 aliphatic heterocycles. The Morgan fingerprint density at radius 2 is 2.04 bits per heavy atom. The predicted octanol–water partition coefficient (Wildman–Crippen LogP) is 2.71. The highest BCUT2D eigenvalue weighted by Gasteiger charge is 2.41. The second-order valence-corrected chi connectivity index (χ2v) is 7.47. The minimum absolute atomic E-state index is 0.0334. The number of ether oxygens (including phenoxy) is 1. The van der Waals surface area contributed by atoms with E-state index in [9.17, 15) is 9.59 Å². The van der Waals surface area contributed by atoms with Crippen LogP contribution in [0.2, 0.25) is 0 Å². The number of hydrogen-bond acceptors (Lipinski definition) is 3. The van der Waals surface area contributed by atoms with Crippen molar-refractivity contribution in [2.75, 3.05) is 26.2 Å². The number of nitrogens with zero attached hydrogens (tertiary/aromatic N) is 1. The van der Waals surface area contributed by atoms with Crippen LogP contribution in [0.25, 0.3) is 0 Å². The molecule has 0 aromatic heterocycles. The van der Waals surface area contributed by atoms with Gasteiger partial charge in [-0.05, 0) is 42.2 Å². The maximum atomic E-state index is 12.5. The van der Waals surface area contributed by atoms with E-state index in [1.165, 1.54) is 0 Å². The summed E-state index contributed by atoms with van der Waals surface area (Å²) >= 11 is 0. The van der Waals surface area contributed by atoms with Gasteiger partial charge >= 0.3 is 0 Å². The third kappa shape index (κ3) is 3.97. The van der Waals surface area contributed by atoms with Crippen molar-refractivity contribution in [2.45, 2.75) is 45.4 Å². The molecule has 3 rings (SSSR count). The number of nitrogens with one attached hydrogen (secondary N) is 1. The average molecular weight is 344 g/mol. The first-order chi connectivity index (χ1) is 12.0. The SMILES string of the molecule is CC[C@H](C)c1ccccc1OCC(=O)N1CCC2(CC1)CNC(=O)C2. The van der Waals surface area contributed by atoms with Crippen LogP contribution >= 0.6 is 0 Å². The molecule has 1 aromatic rings. The van der Waals surface area contributed by atoms with Crippen LogP contribution in [0.4, 0.5) is 0 Å². The molecule has 2 aliphatic rings. The highest BCUT2D eigenvalue weighted by Crippen LogP contribution is 2.37. The number of carbonyl (C=O) groups is 2. The first-order valence-corrected chi connectivity index (χ1v) is 9.29. The molecule has 0 bridgehead atoms. The Labute approximate surface area is 149 Å². The minimum atomic E-state index is 0.0334. The Morgan fingerprint density at radius 3 is 2.68 bits per heavy atom. The van der Waals surface area contributed by atoms with Crippen LogP contribution in [-0.4, -0.2) is 43.0 Å². The van der Waals surface area contributed by atoms with Crippen LogP contribution in [0.3, 0.4) is 0 Å². The molecule has 136 valence electrons. The third-order valence-electron chi connectivity index (χ3n) is 5.79. The van der Waals surface area contributed by atoms with Gasteiger partial charge in [-0.25, -0.2) is 0 Å². The first kappa shape index (κ1) is 17.8. The Hall–Kier alpha value is -2.04. The van der Waals surface area contributed by atoms with E-state index in [-0.39, 0.29) is 23.8 Å². The molecule has 0 radical (unpaired) electrons. The molecule has 1 spiro atoms. The van der Waals surface area contributed by atoms with E-state index in [1.807, 2.05) is 23.1 Å². The number of benzene rings is 1. The molecule has 1 atom stereocenters. The summed E-state index contributed by atoms with van der Waals surface area (Å²) in [6.45, 7) is 6.59. The van der Waals surface area contributed by atoms with Crippen molar-refractivity contribution in [3.05, 3.63) is 29.8 Å². The first-order valence-electron chi connectivity index (χ1n) is 9.29. The number of amides is 2. The zero-order chi connectivity index (χ0) is 17.9. The van der Waals surface area contributed by atoms with Crippen molar-refractivity contribution in [2.24, 2.45) is 5.41 Å². The zero-order valence-electron chi connectivity index (χ0n) is 15.2. The molecule has 2 heterocycles. The highest BCUT2D eigenvalue weighted by molar-refractivity contribution is 5.80. The van der Waals surface area contributed by atoms with Crippen molar-refractivity contribution in [1.29, 1.82) is 0 Å². The van der Waals surface area contributed by atoms with Crippen LogP contribution in [0.1, 0.15) is 51.0 Å². The van der Waals surface area contributed by atoms with Crippen LogP contribution in [0.15, 0.2) is 24.3 Å². The van der Waals surface area contributed by atoms with Crippen LogP contribution in [0.5, 0.6) is 5.75 Å². The fourth-order valence-electron chi connectivity index (χ4n) is 3.81. The summed E-state index contributed by atoms with van der Waals surface area (Å²) in [6, 6.07) is 7.97. The van der Waals surface area contributed by atoms with Gasteiger partial charge in [0.05, 0.1) is 0 Å². The van der Waals surface area contributed by atoms with E-state index in [2.05, 4.69) is 25.2 Å². The molecule has 1 aromatic carbocycles. The Bertz CT molecular complexity index is 636. The van der Waals surface area contributed by atoms with E-state index in [0.717, 1.165) is 37.1 Å². The zero-order valence-corrected chi connectivity index (χ0v) is 15.2. The average Bonchev–Trinajstić information content (AvgIpc) is 3.00. The van der Waals surface area contributed by atoms with Gasteiger partial charge in [-0.1, -0.05) is 32.0 Å². The second kappa shape index (κ2) is 7.46. The minimum Gasteiger partial charge on any atom is -0.483 e. The summed E-state index contributed by atoms with van der Waals surface area (Å²) in [5.41, 5.74) is 1.23. The third-order valence-corrected chi connectivity index (χ3v) is 5.79.